The van der Waals surface area contributed by atoms with Crippen molar-refractivity contribution in [2.45, 2.75) is 6.42 Å². The molecule has 0 bridgehead atoms. The van der Waals surface area contributed by atoms with Gasteiger partial charge in [-0.15, -0.1) is 0 Å². The molecule has 3 nitrogen and oxygen atoms in total. The number of rotatable bonds is 6. The van der Waals surface area contributed by atoms with E-state index in [0.717, 1.165) is 12.5 Å². The Hall–Kier alpha value is -1.78. The van der Waals surface area contributed by atoms with Crippen LogP contribution in [0.15, 0.2) is 41.1 Å². The summed E-state index contributed by atoms with van der Waals surface area (Å²) < 4.78 is 5.70. The van der Waals surface area contributed by atoms with Crippen molar-refractivity contribution >= 4 is 35.0 Å². The van der Waals surface area contributed by atoms with Gasteiger partial charge in [-0.25, -0.2) is 4.79 Å². The molecule has 2 aromatic rings. The third-order valence-corrected chi connectivity index (χ3v) is 3.57. The summed E-state index contributed by atoms with van der Waals surface area (Å²) in [7, 11) is 0. The van der Waals surface area contributed by atoms with Crippen LogP contribution in [0.5, 0.6) is 5.75 Å². The van der Waals surface area contributed by atoms with Gasteiger partial charge in [0.15, 0.2) is 0 Å². The van der Waals surface area contributed by atoms with E-state index in [-0.39, 0.29) is 0 Å². The number of thiophene rings is 1. The largest absolute Gasteiger partial charge is 0.493 e. The number of carbonyl (C=O) groups is 1. The van der Waals surface area contributed by atoms with Gasteiger partial charge < -0.3 is 9.84 Å². The van der Waals surface area contributed by atoms with Crippen molar-refractivity contribution in [3.63, 3.8) is 0 Å². The van der Waals surface area contributed by atoms with E-state index in [4.69, 9.17) is 21.4 Å². The van der Waals surface area contributed by atoms with E-state index in [1.165, 1.54) is 11.6 Å². The normalized spacial score (nSPS) is 10.8. The van der Waals surface area contributed by atoms with Gasteiger partial charge in [-0.05, 0) is 46.7 Å². The summed E-state index contributed by atoms with van der Waals surface area (Å²) in [5.41, 5.74) is 1.89. The lowest BCUT2D eigenvalue weighted by atomic mass is 10.2. The van der Waals surface area contributed by atoms with Gasteiger partial charge in [0.1, 0.15) is 5.75 Å². The maximum Gasteiger partial charge on any atom is 0.328 e. The monoisotopic (exact) mass is 308 g/mol. The van der Waals surface area contributed by atoms with Gasteiger partial charge in [0.05, 0.1) is 6.61 Å². The summed E-state index contributed by atoms with van der Waals surface area (Å²) in [5.74, 6) is -0.378. The first-order valence-corrected chi connectivity index (χ1v) is 7.31. The molecule has 0 aliphatic rings. The SMILES string of the molecule is O=C(O)C=Cc1cc(Cl)ccc1OCCc1ccsc1. The van der Waals surface area contributed by atoms with Crippen LogP contribution in [0.25, 0.3) is 6.08 Å². The Morgan fingerprint density at radius 2 is 2.25 bits per heavy atom. The van der Waals surface area contributed by atoms with E-state index >= 15 is 0 Å². The fourth-order valence-electron chi connectivity index (χ4n) is 1.66. The van der Waals surface area contributed by atoms with Crippen molar-refractivity contribution < 1.29 is 14.6 Å². The lowest BCUT2D eigenvalue weighted by Crippen LogP contribution is -2.01. The number of benzene rings is 1. The molecule has 0 saturated heterocycles. The minimum absolute atomic E-state index is 0.534. The first-order valence-electron chi connectivity index (χ1n) is 5.99. The average Bonchev–Trinajstić information content (AvgIpc) is 2.91. The van der Waals surface area contributed by atoms with Crippen molar-refractivity contribution in [3.8, 4) is 5.75 Å². The molecule has 0 fully saturated rings. The molecule has 1 N–H and O–H groups in total. The lowest BCUT2D eigenvalue weighted by molar-refractivity contribution is -0.131. The molecule has 0 radical (unpaired) electrons. The summed E-state index contributed by atoms with van der Waals surface area (Å²) in [6.07, 6.45) is 3.36. The average molecular weight is 309 g/mol. The standard InChI is InChI=1S/C15H13ClO3S/c16-13-2-3-14(12(9-13)1-4-15(17)18)19-7-5-11-6-8-20-10-11/h1-4,6,8-10H,5,7H2,(H,17,18). The molecule has 0 spiro atoms. The van der Waals surface area contributed by atoms with Crippen LogP contribution in [0.1, 0.15) is 11.1 Å². The Morgan fingerprint density at radius 1 is 1.40 bits per heavy atom. The van der Waals surface area contributed by atoms with Crippen molar-refractivity contribution in [2.75, 3.05) is 6.61 Å². The van der Waals surface area contributed by atoms with E-state index in [0.29, 0.717) is 22.9 Å². The third kappa shape index (κ3) is 4.40. The fourth-order valence-corrected chi connectivity index (χ4v) is 2.54. The fraction of sp³-hybridized carbons (Fsp3) is 0.133. The molecule has 5 heteroatoms. The number of halogens is 1. The van der Waals surface area contributed by atoms with E-state index < -0.39 is 5.97 Å². The van der Waals surface area contributed by atoms with Crippen LogP contribution >= 0.6 is 22.9 Å². The first kappa shape index (κ1) is 14.6. The highest BCUT2D eigenvalue weighted by Gasteiger charge is 2.03. The van der Waals surface area contributed by atoms with Crippen LogP contribution in [0.4, 0.5) is 0 Å². The van der Waals surface area contributed by atoms with Gasteiger partial charge in [-0.2, -0.15) is 11.3 Å². The number of ether oxygens (including phenoxy) is 1. The van der Waals surface area contributed by atoms with Gasteiger partial charge in [0, 0.05) is 23.1 Å². The molecule has 0 amide bonds. The maximum absolute atomic E-state index is 10.6. The van der Waals surface area contributed by atoms with Crippen LogP contribution < -0.4 is 4.74 Å². The van der Waals surface area contributed by atoms with Crippen LogP contribution in [0.2, 0.25) is 5.02 Å². The zero-order valence-electron chi connectivity index (χ0n) is 10.6. The predicted molar refractivity (Wildman–Crippen MR) is 81.6 cm³/mol. The second-order valence-corrected chi connectivity index (χ2v) is 5.30. The van der Waals surface area contributed by atoms with Crippen LogP contribution in [0.3, 0.4) is 0 Å². The molecule has 0 aliphatic heterocycles. The summed E-state index contributed by atoms with van der Waals surface area (Å²) in [4.78, 5) is 10.6. The van der Waals surface area contributed by atoms with E-state index in [2.05, 4.69) is 11.4 Å². The molecule has 20 heavy (non-hydrogen) atoms. The van der Waals surface area contributed by atoms with Crippen molar-refractivity contribution in [1.82, 2.24) is 0 Å². The summed E-state index contributed by atoms with van der Waals surface area (Å²) >= 11 is 7.56. The molecule has 0 aliphatic carbocycles. The van der Waals surface area contributed by atoms with E-state index in [1.54, 1.807) is 29.5 Å². The topological polar surface area (TPSA) is 46.5 Å². The Labute approximate surface area is 126 Å². The molecular formula is C15H13ClO3S. The highest BCUT2D eigenvalue weighted by molar-refractivity contribution is 7.07. The highest BCUT2D eigenvalue weighted by atomic mass is 35.5. The minimum Gasteiger partial charge on any atom is -0.493 e. The van der Waals surface area contributed by atoms with Gasteiger partial charge in [0.2, 0.25) is 0 Å². The van der Waals surface area contributed by atoms with Gasteiger partial charge >= 0.3 is 5.97 Å². The number of hydrogen-bond acceptors (Lipinski definition) is 3. The van der Waals surface area contributed by atoms with Gasteiger partial charge in [-0.1, -0.05) is 11.6 Å². The summed E-state index contributed by atoms with van der Waals surface area (Å²) in [6, 6.07) is 7.21. The second kappa shape index (κ2) is 7.12. The molecule has 2 rings (SSSR count). The molecule has 104 valence electrons. The smallest absolute Gasteiger partial charge is 0.328 e. The molecule has 0 atom stereocenters. The number of carboxylic acids is 1. The Kier molecular flexibility index (Phi) is 5.21. The molecular weight excluding hydrogens is 296 g/mol. The zero-order chi connectivity index (χ0) is 14.4. The quantitative estimate of drug-likeness (QED) is 0.816. The van der Waals surface area contributed by atoms with Crippen LogP contribution in [-0.4, -0.2) is 17.7 Å². The Bertz CT molecular complexity index is 606. The Balaban J connectivity index is 2.04. The number of hydrogen-bond donors (Lipinski definition) is 1. The second-order valence-electron chi connectivity index (χ2n) is 4.08. The van der Waals surface area contributed by atoms with Crippen molar-refractivity contribution in [1.29, 1.82) is 0 Å². The molecule has 0 saturated carbocycles. The minimum atomic E-state index is -1.01. The van der Waals surface area contributed by atoms with Crippen molar-refractivity contribution in [2.24, 2.45) is 0 Å². The van der Waals surface area contributed by atoms with Crippen LogP contribution in [0, 0.1) is 0 Å². The number of aliphatic carboxylic acids is 1. The Morgan fingerprint density at radius 3 is 2.95 bits per heavy atom. The zero-order valence-corrected chi connectivity index (χ0v) is 12.2. The molecule has 1 aromatic heterocycles. The van der Waals surface area contributed by atoms with E-state index in [1.807, 2.05) is 5.38 Å². The first-order chi connectivity index (χ1) is 9.65. The molecule has 1 aromatic carbocycles. The van der Waals surface area contributed by atoms with E-state index in [9.17, 15) is 4.79 Å². The van der Waals surface area contributed by atoms with Crippen LogP contribution in [-0.2, 0) is 11.2 Å². The molecule has 1 heterocycles. The van der Waals surface area contributed by atoms with Crippen molar-refractivity contribution in [3.05, 3.63) is 57.3 Å². The van der Waals surface area contributed by atoms with Gasteiger partial charge in [0.25, 0.3) is 0 Å². The number of carboxylic acid groups (broad SMARTS) is 1. The molecule has 0 unspecified atom stereocenters. The summed E-state index contributed by atoms with van der Waals surface area (Å²) in [6.45, 7) is 0.534. The maximum atomic E-state index is 10.6. The lowest BCUT2D eigenvalue weighted by Gasteiger charge is -2.09. The summed E-state index contributed by atoms with van der Waals surface area (Å²) in [5, 5.41) is 13.3. The van der Waals surface area contributed by atoms with Gasteiger partial charge in [-0.3, -0.25) is 0 Å². The predicted octanol–water partition coefficient (Wildman–Crippen LogP) is 4.12. The third-order valence-electron chi connectivity index (χ3n) is 2.61. The highest BCUT2D eigenvalue weighted by Crippen LogP contribution is 2.24.